The van der Waals surface area contributed by atoms with Crippen LogP contribution in [0, 0.1) is 5.41 Å². The summed E-state index contributed by atoms with van der Waals surface area (Å²) in [4.78, 5) is 20.0. The van der Waals surface area contributed by atoms with E-state index in [4.69, 9.17) is 4.74 Å². The van der Waals surface area contributed by atoms with E-state index in [9.17, 15) is 4.79 Å². The molecule has 0 unspecified atom stereocenters. The number of carbonyl (C=O) groups is 1. The normalized spacial score (nSPS) is 20.5. The Morgan fingerprint density at radius 3 is 3.09 bits per heavy atom. The van der Waals surface area contributed by atoms with Gasteiger partial charge in [-0.2, -0.15) is 0 Å². The Bertz CT molecular complexity index is 513. The number of carbonyl (C=O) groups excluding carboxylic acids is 1. The zero-order valence-electron chi connectivity index (χ0n) is 13.3. The van der Waals surface area contributed by atoms with Crippen LogP contribution in [0.4, 0.5) is 4.79 Å². The molecule has 22 heavy (non-hydrogen) atoms. The molecular weight excluding hydrogens is 298 g/mol. The molecular formula is C16H25N3O2S. The maximum Gasteiger partial charge on any atom is 0.317 e. The van der Waals surface area contributed by atoms with Gasteiger partial charge in [-0.25, -0.2) is 9.78 Å². The predicted octanol–water partition coefficient (Wildman–Crippen LogP) is 2.46. The van der Waals surface area contributed by atoms with E-state index in [1.165, 1.54) is 24.1 Å². The van der Waals surface area contributed by atoms with Crippen LogP contribution in [0.1, 0.15) is 36.1 Å². The second kappa shape index (κ2) is 6.96. The number of urea groups is 1. The van der Waals surface area contributed by atoms with Crippen molar-refractivity contribution >= 4 is 17.4 Å². The van der Waals surface area contributed by atoms with E-state index < -0.39 is 0 Å². The first-order valence-corrected chi connectivity index (χ1v) is 9.06. The number of hydrogen-bond donors (Lipinski definition) is 1. The first-order valence-electron chi connectivity index (χ1n) is 8.25. The summed E-state index contributed by atoms with van der Waals surface area (Å²) in [7, 11) is 0. The molecule has 0 atom stereocenters. The van der Waals surface area contributed by atoms with Gasteiger partial charge in [0.2, 0.25) is 0 Å². The summed E-state index contributed by atoms with van der Waals surface area (Å²) < 4.78 is 5.69. The van der Waals surface area contributed by atoms with Gasteiger partial charge in [0.15, 0.2) is 0 Å². The molecule has 3 rings (SSSR count). The number of ether oxygens (including phenoxy) is 1. The lowest BCUT2D eigenvalue weighted by atomic mass is 9.69. The van der Waals surface area contributed by atoms with E-state index in [0.717, 1.165) is 31.0 Å². The highest BCUT2D eigenvalue weighted by Crippen LogP contribution is 2.42. The summed E-state index contributed by atoms with van der Waals surface area (Å²) in [6.07, 6.45) is 7.42. The standard InChI is InChI=1S/C16H25N3O2S/c1-2-13-10-18-14(22-13)4-7-17-15(20)19-8-9-21-12-16(11-19)5-3-6-16/h10H,2-9,11-12H2,1H3,(H,17,20). The van der Waals surface area contributed by atoms with Crippen molar-refractivity contribution in [1.29, 1.82) is 0 Å². The second-order valence-corrected chi connectivity index (χ2v) is 7.58. The molecule has 1 aromatic rings. The fourth-order valence-corrected chi connectivity index (χ4v) is 4.02. The Balaban J connectivity index is 1.46. The predicted molar refractivity (Wildman–Crippen MR) is 87.3 cm³/mol. The van der Waals surface area contributed by atoms with Crippen LogP contribution >= 0.6 is 11.3 Å². The van der Waals surface area contributed by atoms with E-state index in [1.807, 2.05) is 11.1 Å². The summed E-state index contributed by atoms with van der Waals surface area (Å²) in [5.74, 6) is 0. The van der Waals surface area contributed by atoms with E-state index in [2.05, 4.69) is 17.2 Å². The number of amides is 2. The molecule has 0 aromatic carbocycles. The summed E-state index contributed by atoms with van der Waals surface area (Å²) >= 11 is 1.74. The monoisotopic (exact) mass is 323 g/mol. The summed E-state index contributed by atoms with van der Waals surface area (Å²) in [6.45, 7) is 5.80. The lowest BCUT2D eigenvalue weighted by Crippen LogP contribution is -2.49. The van der Waals surface area contributed by atoms with Gasteiger partial charge in [-0.1, -0.05) is 13.3 Å². The van der Waals surface area contributed by atoms with Crippen molar-refractivity contribution in [3.8, 4) is 0 Å². The number of aryl methyl sites for hydroxylation is 1. The van der Waals surface area contributed by atoms with Crippen molar-refractivity contribution in [2.45, 2.75) is 39.0 Å². The van der Waals surface area contributed by atoms with E-state index >= 15 is 0 Å². The minimum atomic E-state index is 0.0454. The number of rotatable bonds is 4. The molecule has 1 saturated heterocycles. The fraction of sp³-hybridized carbons (Fsp3) is 0.750. The zero-order chi connectivity index (χ0) is 15.4. The van der Waals surface area contributed by atoms with Gasteiger partial charge < -0.3 is 15.0 Å². The van der Waals surface area contributed by atoms with Crippen molar-refractivity contribution in [3.05, 3.63) is 16.1 Å². The molecule has 1 aliphatic carbocycles. The molecule has 5 nitrogen and oxygen atoms in total. The molecule has 6 heteroatoms. The van der Waals surface area contributed by atoms with Gasteiger partial charge in [-0.05, 0) is 19.3 Å². The van der Waals surface area contributed by atoms with E-state index in [-0.39, 0.29) is 11.4 Å². The van der Waals surface area contributed by atoms with Crippen molar-refractivity contribution in [1.82, 2.24) is 15.2 Å². The van der Waals surface area contributed by atoms with Crippen LogP contribution in [-0.2, 0) is 17.6 Å². The Hall–Kier alpha value is -1.14. The Kier molecular flexibility index (Phi) is 4.98. The SMILES string of the molecule is CCc1cnc(CCNC(=O)N2CCOCC3(CCC3)C2)s1. The zero-order valence-corrected chi connectivity index (χ0v) is 14.1. The molecule has 0 radical (unpaired) electrons. The third kappa shape index (κ3) is 3.60. The summed E-state index contributed by atoms with van der Waals surface area (Å²) in [6, 6.07) is 0.0454. The molecule has 1 N–H and O–H groups in total. The van der Waals surface area contributed by atoms with Gasteiger partial charge in [0.25, 0.3) is 0 Å². The quantitative estimate of drug-likeness (QED) is 0.926. The molecule has 2 fully saturated rings. The van der Waals surface area contributed by atoms with Gasteiger partial charge in [0.1, 0.15) is 0 Å². The molecule has 0 bridgehead atoms. The minimum Gasteiger partial charge on any atom is -0.379 e. The van der Waals surface area contributed by atoms with Gasteiger partial charge >= 0.3 is 6.03 Å². The highest BCUT2D eigenvalue weighted by molar-refractivity contribution is 7.11. The van der Waals surface area contributed by atoms with Crippen molar-refractivity contribution in [3.63, 3.8) is 0 Å². The largest absolute Gasteiger partial charge is 0.379 e. The van der Waals surface area contributed by atoms with Crippen LogP contribution in [0.2, 0.25) is 0 Å². The maximum atomic E-state index is 12.4. The fourth-order valence-electron chi connectivity index (χ4n) is 3.16. The average molecular weight is 323 g/mol. The number of aromatic nitrogens is 1. The molecule has 1 aromatic heterocycles. The third-order valence-electron chi connectivity index (χ3n) is 4.71. The Labute approximate surface area is 136 Å². The maximum absolute atomic E-state index is 12.4. The van der Waals surface area contributed by atoms with Crippen molar-refractivity contribution < 1.29 is 9.53 Å². The van der Waals surface area contributed by atoms with Crippen LogP contribution in [0.25, 0.3) is 0 Å². The number of nitrogens with one attached hydrogen (secondary N) is 1. The van der Waals surface area contributed by atoms with Gasteiger partial charge in [-0.3, -0.25) is 0 Å². The molecule has 122 valence electrons. The lowest BCUT2D eigenvalue weighted by molar-refractivity contribution is 0.0126. The molecule has 1 saturated carbocycles. The first-order chi connectivity index (χ1) is 10.7. The minimum absolute atomic E-state index is 0.0454. The second-order valence-electron chi connectivity index (χ2n) is 6.38. The van der Waals surface area contributed by atoms with Crippen LogP contribution in [0.15, 0.2) is 6.20 Å². The lowest BCUT2D eigenvalue weighted by Gasteiger charge is -2.42. The average Bonchev–Trinajstić information content (AvgIpc) is 2.81. The van der Waals surface area contributed by atoms with Gasteiger partial charge in [-0.15, -0.1) is 11.3 Å². The Morgan fingerprint density at radius 2 is 2.41 bits per heavy atom. The summed E-state index contributed by atoms with van der Waals surface area (Å²) in [5, 5.41) is 4.14. The molecule has 2 aliphatic rings. The topological polar surface area (TPSA) is 54.5 Å². The number of nitrogens with zero attached hydrogens (tertiary/aromatic N) is 2. The van der Waals surface area contributed by atoms with E-state index in [1.54, 1.807) is 11.3 Å². The summed E-state index contributed by atoms with van der Waals surface area (Å²) in [5.41, 5.74) is 0.235. The van der Waals surface area contributed by atoms with Gasteiger partial charge in [0, 0.05) is 42.5 Å². The molecule has 2 heterocycles. The molecule has 1 spiro atoms. The smallest absolute Gasteiger partial charge is 0.317 e. The van der Waals surface area contributed by atoms with Gasteiger partial charge in [0.05, 0.1) is 18.2 Å². The highest BCUT2D eigenvalue weighted by Gasteiger charge is 2.41. The van der Waals surface area contributed by atoms with Crippen molar-refractivity contribution in [2.75, 3.05) is 32.8 Å². The van der Waals surface area contributed by atoms with Crippen molar-refractivity contribution in [2.24, 2.45) is 5.41 Å². The molecule has 2 amide bonds. The van der Waals surface area contributed by atoms with Crippen LogP contribution in [0.3, 0.4) is 0 Å². The van der Waals surface area contributed by atoms with Crippen LogP contribution in [-0.4, -0.2) is 48.8 Å². The first kappa shape index (κ1) is 15.7. The molecule has 1 aliphatic heterocycles. The number of hydrogen-bond acceptors (Lipinski definition) is 4. The Morgan fingerprint density at radius 1 is 1.55 bits per heavy atom. The van der Waals surface area contributed by atoms with E-state index in [0.29, 0.717) is 19.7 Å². The number of thiazole rings is 1. The van der Waals surface area contributed by atoms with Crippen LogP contribution < -0.4 is 5.32 Å². The highest BCUT2D eigenvalue weighted by atomic mass is 32.1. The van der Waals surface area contributed by atoms with Crippen LogP contribution in [0.5, 0.6) is 0 Å². The third-order valence-corrected chi connectivity index (χ3v) is 5.91.